The van der Waals surface area contributed by atoms with E-state index in [0.717, 1.165) is 21.5 Å². The van der Waals surface area contributed by atoms with Gasteiger partial charge in [0.15, 0.2) is 11.2 Å². The molecule has 4 rings (SSSR count). The molecular weight excluding hydrogens is 354 g/mol. The fraction of sp³-hybridized carbons (Fsp3) is 0.278. The second-order valence-electron chi connectivity index (χ2n) is 6.47. The summed E-state index contributed by atoms with van der Waals surface area (Å²) in [7, 11) is 3.10. The van der Waals surface area contributed by atoms with Gasteiger partial charge in [-0.1, -0.05) is 29.8 Å². The summed E-state index contributed by atoms with van der Waals surface area (Å²) >= 11 is 6.32. The maximum Gasteiger partial charge on any atom is 0.332 e. The molecule has 26 heavy (non-hydrogen) atoms. The molecule has 3 aromatic heterocycles. The topological polar surface area (TPSA) is 66.2 Å². The highest BCUT2D eigenvalue weighted by Gasteiger charge is 2.21. The van der Waals surface area contributed by atoms with Crippen LogP contribution in [0, 0.1) is 13.8 Å². The van der Waals surface area contributed by atoms with Crippen molar-refractivity contribution in [1.82, 2.24) is 23.1 Å². The molecule has 4 aromatic rings. The fourth-order valence-electron chi connectivity index (χ4n) is 3.38. The molecule has 0 aliphatic carbocycles. The van der Waals surface area contributed by atoms with Gasteiger partial charge in [0.25, 0.3) is 5.56 Å². The van der Waals surface area contributed by atoms with Crippen LogP contribution in [0.25, 0.3) is 16.9 Å². The van der Waals surface area contributed by atoms with Gasteiger partial charge in [-0.2, -0.15) is 4.98 Å². The van der Waals surface area contributed by atoms with Crippen molar-refractivity contribution in [1.29, 1.82) is 0 Å². The minimum absolute atomic E-state index is 0.353. The van der Waals surface area contributed by atoms with E-state index in [2.05, 4.69) is 4.98 Å². The van der Waals surface area contributed by atoms with E-state index in [1.54, 1.807) is 7.05 Å². The van der Waals surface area contributed by atoms with Crippen molar-refractivity contribution < 1.29 is 0 Å². The van der Waals surface area contributed by atoms with Crippen LogP contribution in [-0.2, 0) is 20.6 Å². The molecule has 3 heterocycles. The molecule has 0 spiro atoms. The number of fused-ring (bicyclic) bond motifs is 3. The highest BCUT2D eigenvalue weighted by Crippen LogP contribution is 2.24. The number of hydrogen-bond acceptors (Lipinski definition) is 3. The molecule has 0 radical (unpaired) electrons. The van der Waals surface area contributed by atoms with Gasteiger partial charge in [0.05, 0.1) is 6.54 Å². The van der Waals surface area contributed by atoms with Gasteiger partial charge in [-0.3, -0.25) is 18.3 Å². The molecule has 0 bridgehead atoms. The van der Waals surface area contributed by atoms with Gasteiger partial charge < -0.3 is 4.57 Å². The lowest BCUT2D eigenvalue weighted by Gasteiger charge is -2.08. The van der Waals surface area contributed by atoms with Gasteiger partial charge in [-0.15, -0.1) is 0 Å². The van der Waals surface area contributed by atoms with E-state index < -0.39 is 5.69 Å². The molecule has 0 atom stereocenters. The van der Waals surface area contributed by atoms with Crippen LogP contribution < -0.4 is 11.2 Å². The zero-order chi connectivity index (χ0) is 18.7. The Labute approximate surface area is 153 Å². The number of benzene rings is 1. The van der Waals surface area contributed by atoms with E-state index >= 15 is 0 Å². The summed E-state index contributed by atoms with van der Waals surface area (Å²) < 4.78 is 6.35. The molecule has 0 fully saturated rings. The minimum Gasteiger partial charge on any atom is -0.309 e. The highest BCUT2D eigenvalue weighted by atomic mass is 35.5. The van der Waals surface area contributed by atoms with Gasteiger partial charge in [0, 0.05) is 30.5 Å². The van der Waals surface area contributed by atoms with Crippen molar-refractivity contribution in [3.05, 3.63) is 67.1 Å². The van der Waals surface area contributed by atoms with Gasteiger partial charge in [0.1, 0.15) is 0 Å². The third-order valence-corrected chi connectivity index (χ3v) is 5.40. The second-order valence-corrected chi connectivity index (χ2v) is 6.88. The van der Waals surface area contributed by atoms with Crippen LogP contribution in [0.1, 0.15) is 17.0 Å². The number of hydrogen-bond donors (Lipinski definition) is 0. The Bertz CT molecular complexity index is 1310. The molecule has 0 aliphatic heterocycles. The highest BCUT2D eigenvalue weighted by molar-refractivity contribution is 6.31. The maximum absolute atomic E-state index is 12.7. The smallest absolute Gasteiger partial charge is 0.309 e. The van der Waals surface area contributed by atoms with Crippen LogP contribution in [0.3, 0.4) is 0 Å². The summed E-state index contributed by atoms with van der Waals surface area (Å²) in [4.78, 5) is 29.6. The van der Waals surface area contributed by atoms with Crippen molar-refractivity contribution in [3.8, 4) is 0 Å². The average Bonchev–Trinajstić information content (AvgIpc) is 3.12. The lowest BCUT2D eigenvalue weighted by Crippen LogP contribution is -2.37. The van der Waals surface area contributed by atoms with E-state index in [9.17, 15) is 9.59 Å². The van der Waals surface area contributed by atoms with Crippen molar-refractivity contribution in [2.45, 2.75) is 20.4 Å². The molecule has 0 unspecified atom stereocenters. The van der Waals surface area contributed by atoms with Crippen molar-refractivity contribution in [3.63, 3.8) is 0 Å². The molecule has 1 aromatic carbocycles. The molecule has 8 heteroatoms. The Balaban J connectivity index is 2.11. The van der Waals surface area contributed by atoms with Gasteiger partial charge in [-0.25, -0.2) is 4.79 Å². The third kappa shape index (κ3) is 2.10. The van der Waals surface area contributed by atoms with E-state index in [0.29, 0.717) is 28.5 Å². The fourth-order valence-corrected chi connectivity index (χ4v) is 3.57. The molecule has 0 N–H and O–H groups in total. The first-order chi connectivity index (χ1) is 12.3. The quantitative estimate of drug-likeness (QED) is 0.541. The Morgan fingerprint density at radius 3 is 2.42 bits per heavy atom. The summed E-state index contributed by atoms with van der Waals surface area (Å²) in [5, 5.41) is 0.677. The van der Waals surface area contributed by atoms with Crippen molar-refractivity contribution in [2.24, 2.45) is 14.1 Å². The maximum atomic E-state index is 12.7. The lowest BCUT2D eigenvalue weighted by molar-refractivity contribution is 0.707. The largest absolute Gasteiger partial charge is 0.332 e. The number of rotatable bonds is 2. The third-order valence-electron chi connectivity index (χ3n) is 5.03. The van der Waals surface area contributed by atoms with Crippen LogP contribution in [0.4, 0.5) is 0 Å². The molecule has 0 aliphatic rings. The Hall–Kier alpha value is -2.80. The van der Waals surface area contributed by atoms with E-state index in [1.165, 1.54) is 11.6 Å². The number of aryl methyl sites for hydroxylation is 2. The lowest BCUT2D eigenvalue weighted by atomic mass is 10.2. The van der Waals surface area contributed by atoms with Gasteiger partial charge in [0.2, 0.25) is 5.78 Å². The van der Waals surface area contributed by atoms with E-state index in [1.807, 2.05) is 47.1 Å². The molecular formula is C18H18ClN5O2. The van der Waals surface area contributed by atoms with Gasteiger partial charge >= 0.3 is 5.69 Å². The van der Waals surface area contributed by atoms with Gasteiger partial charge in [-0.05, 0) is 25.5 Å². The summed E-state index contributed by atoms with van der Waals surface area (Å²) in [5.74, 6) is 0.619. The van der Waals surface area contributed by atoms with Crippen molar-refractivity contribution >= 4 is 28.5 Å². The standard InChI is InChI=1S/C18H18ClN5O2/c1-10-11(2)24-14-15(21(3)18(26)22(4)16(14)25)20-17(24)23(10)9-12-7-5-6-8-13(12)19/h5-8H,9H2,1-4H3. The predicted octanol–water partition coefficient (Wildman–Crippen LogP) is 2.00. The van der Waals surface area contributed by atoms with Crippen LogP contribution in [0.5, 0.6) is 0 Å². The first-order valence-corrected chi connectivity index (χ1v) is 8.58. The Kier molecular flexibility index (Phi) is 3.59. The number of halogens is 1. The Morgan fingerprint density at radius 1 is 1.04 bits per heavy atom. The molecule has 134 valence electrons. The summed E-state index contributed by atoms with van der Waals surface area (Å²) in [6.07, 6.45) is 0. The van der Waals surface area contributed by atoms with Crippen molar-refractivity contribution in [2.75, 3.05) is 0 Å². The minimum atomic E-state index is -0.393. The first-order valence-electron chi connectivity index (χ1n) is 8.20. The number of aromatic nitrogens is 5. The normalized spacial score (nSPS) is 11.7. The summed E-state index contributed by atoms with van der Waals surface area (Å²) in [6.45, 7) is 4.46. The van der Waals surface area contributed by atoms with Crippen LogP contribution >= 0.6 is 11.6 Å². The second kappa shape index (κ2) is 5.60. The molecule has 0 saturated heterocycles. The zero-order valence-electron chi connectivity index (χ0n) is 14.9. The monoisotopic (exact) mass is 371 g/mol. The molecule has 7 nitrogen and oxygen atoms in total. The SMILES string of the molecule is Cc1c(C)n2c3c(=O)n(C)c(=O)n(C)c3nc2n1Cc1ccccc1Cl. The van der Waals surface area contributed by atoms with Crippen LogP contribution in [-0.4, -0.2) is 23.1 Å². The van der Waals surface area contributed by atoms with E-state index in [-0.39, 0.29) is 5.56 Å². The zero-order valence-corrected chi connectivity index (χ0v) is 15.7. The predicted molar refractivity (Wildman–Crippen MR) is 101 cm³/mol. The van der Waals surface area contributed by atoms with Crippen LogP contribution in [0.2, 0.25) is 5.02 Å². The number of nitrogens with zero attached hydrogens (tertiary/aromatic N) is 5. The summed E-state index contributed by atoms with van der Waals surface area (Å²) in [6, 6.07) is 7.64. The molecule has 0 amide bonds. The number of imidazole rings is 2. The van der Waals surface area contributed by atoms with Crippen LogP contribution in [0.15, 0.2) is 33.9 Å². The first kappa shape index (κ1) is 16.7. The molecule has 0 saturated carbocycles. The van der Waals surface area contributed by atoms with E-state index in [4.69, 9.17) is 11.6 Å². The summed E-state index contributed by atoms with van der Waals surface area (Å²) in [5.41, 5.74) is 2.90. The Morgan fingerprint density at radius 2 is 1.73 bits per heavy atom. The average molecular weight is 372 g/mol.